The predicted molar refractivity (Wildman–Crippen MR) is 112 cm³/mol. The maximum atomic E-state index is 12.9. The van der Waals surface area contributed by atoms with E-state index in [1.807, 2.05) is 4.90 Å². The maximum Gasteiger partial charge on any atom is 0.416 e. The van der Waals surface area contributed by atoms with Gasteiger partial charge in [0.1, 0.15) is 6.10 Å². The van der Waals surface area contributed by atoms with Gasteiger partial charge in [-0.2, -0.15) is 26.3 Å². The molecule has 34 heavy (non-hydrogen) atoms. The third-order valence-corrected chi connectivity index (χ3v) is 5.45. The van der Waals surface area contributed by atoms with Crippen molar-refractivity contribution in [3.8, 4) is 0 Å². The molecule has 1 heterocycles. The number of ether oxygens (including phenoxy) is 2. The van der Waals surface area contributed by atoms with Crippen LogP contribution in [0.4, 0.5) is 26.3 Å². The molecule has 0 amide bonds. The van der Waals surface area contributed by atoms with Crippen LogP contribution in [0.25, 0.3) is 0 Å². The minimum Gasteiger partial charge on any atom is -0.466 e. The second-order valence-corrected chi connectivity index (χ2v) is 7.78. The average molecular weight is 487 g/mol. The van der Waals surface area contributed by atoms with Crippen molar-refractivity contribution in [2.75, 3.05) is 33.4 Å². The molecule has 0 atom stereocenters. The molecule has 0 aliphatic carbocycles. The monoisotopic (exact) mass is 487 g/mol. The van der Waals surface area contributed by atoms with Crippen molar-refractivity contribution in [3.05, 3.63) is 82.4 Å². The normalized spacial score (nSPS) is 15.4. The van der Waals surface area contributed by atoms with Gasteiger partial charge >= 0.3 is 18.3 Å². The highest BCUT2D eigenvalue weighted by Crippen LogP contribution is 2.34. The minimum absolute atomic E-state index is 0.140. The summed E-state index contributed by atoms with van der Waals surface area (Å²) in [5.41, 5.74) is -0.394. The summed E-state index contributed by atoms with van der Waals surface area (Å²) in [5.74, 6) is -0.419. The third-order valence-electron chi connectivity index (χ3n) is 5.45. The summed E-state index contributed by atoms with van der Waals surface area (Å²) in [4.78, 5) is 13.7. The fourth-order valence-corrected chi connectivity index (χ4v) is 3.65. The van der Waals surface area contributed by atoms with Gasteiger partial charge in [0.05, 0.1) is 24.8 Å². The number of hydrogen-bond acceptors (Lipinski definition) is 4. The Morgan fingerprint density at radius 3 is 1.85 bits per heavy atom. The van der Waals surface area contributed by atoms with E-state index < -0.39 is 35.6 Å². The van der Waals surface area contributed by atoms with Gasteiger partial charge in [0.15, 0.2) is 0 Å². The van der Waals surface area contributed by atoms with Crippen LogP contribution < -0.4 is 0 Å². The van der Waals surface area contributed by atoms with Crippen molar-refractivity contribution in [1.29, 1.82) is 0 Å². The van der Waals surface area contributed by atoms with Crippen LogP contribution in [0.5, 0.6) is 0 Å². The highest BCUT2D eigenvalue weighted by Gasteiger charge is 2.32. The lowest BCUT2D eigenvalue weighted by Crippen LogP contribution is -2.35. The Morgan fingerprint density at radius 2 is 1.41 bits per heavy atom. The Kier molecular flexibility index (Phi) is 8.04. The molecule has 0 N–H and O–H groups in total. The molecule has 1 aliphatic heterocycles. The zero-order chi connectivity index (χ0) is 24.9. The summed E-state index contributed by atoms with van der Waals surface area (Å²) in [7, 11) is 1.30. The van der Waals surface area contributed by atoms with E-state index in [-0.39, 0.29) is 6.61 Å². The largest absolute Gasteiger partial charge is 0.466 e. The number of esters is 1. The van der Waals surface area contributed by atoms with E-state index in [9.17, 15) is 31.1 Å². The topological polar surface area (TPSA) is 38.8 Å². The van der Waals surface area contributed by atoms with Crippen molar-refractivity contribution in [1.82, 2.24) is 4.90 Å². The molecule has 4 nitrogen and oxygen atoms in total. The van der Waals surface area contributed by atoms with Crippen LogP contribution in [0, 0.1) is 0 Å². The van der Waals surface area contributed by atoms with Crippen LogP contribution in [0.2, 0.25) is 0 Å². The molecule has 184 valence electrons. The number of carbonyl (C=O) groups excluding carboxylic acids is 1. The van der Waals surface area contributed by atoms with E-state index in [2.05, 4.69) is 0 Å². The van der Waals surface area contributed by atoms with E-state index in [0.29, 0.717) is 42.8 Å². The van der Waals surface area contributed by atoms with Crippen LogP contribution in [0.15, 0.2) is 60.2 Å². The number of alkyl halides is 6. The first-order valence-corrected chi connectivity index (χ1v) is 10.4. The number of hydrogen-bond donors (Lipinski definition) is 0. The van der Waals surface area contributed by atoms with Gasteiger partial charge in [-0.05, 0) is 41.8 Å². The van der Waals surface area contributed by atoms with Crippen LogP contribution in [0.1, 0.15) is 34.8 Å². The number of rotatable bonds is 7. The number of halogens is 6. The molecule has 0 spiro atoms. The van der Waals surface area contributed by atoms with Crippen molar-refractivity contribution in [2.45, 2.75) is 24.9 Å². The molecular formula is C24H23F6NO3. The molecule has 0 aromatic heterocycles. The molecule has 2 aromatic rings. The Labute approximate surface area is 192 Å². The van der Waals surface area contributed by atoms with Gasteiger partial charge in [-0.1, -0.05) is 30.3 Å². The van der Waals surface area contributed by atoms with Crippen LogP contribution >= 0.6 is 0 Å². The fraction of sp³-hybridized carbons (Fsp3) is 0.375. The summed E-state index contributed by atoms with van der Waals surface area (Å²) in [5, 5.41) is 0. The number of benzene rings is 2. The summed E-state index contributed by atoms with van der Waals surface area (Å²) >= 11 is 0. The lowest BCUT2D eigenvalue weighted by atomic mass is 9.99. The van der Waals surface area contributed by atoms with E-state index in [1.54, 1.807) is 6.08 Å². The van der Waals surface area contributed by atoms with Gasteiger partial charge in [0.2, 0.25) is 0 Å². The summed E-state index contributed by atoms with van der Waals surface area (Å²) < 4.78 is 88.3. The van der Waals surface area contributed by atoms with Crippen molar-refractivity contribution >= 4 is 5.97 Å². The molecule has 3 rings (SSSR count). The summed E-state index contributed by atoms with van der Waals surface area (Å²) in [6.07, 6.45) is -7.45. The summed E-state index contributed by atoms with van der Waals surface area (Å²) in [6.45, 7) is 1.59. The van der Waals surface area contributed by atoms with Gasteiger partial charge in [-0.15, -0.1) is 0 Å². The third kappa shape index (κ3) is 6.60. The molecule has 0 saturated heterocycles. The molecule has 0 saturated carbocycles. The minimum atomic E-state index is -4.51. The van der Waals surface area contributed by atoms with E-state index in [0.717, 1.165) is 24.3 Å². The molecule has 1 aliphatic rings. The van der Waals surface area contributed by atoms with Crippen molar-refractivity contribution in [3.63, 3.8) is 0 Å². The Bertz CT molecular complexity index is 940. The van der Waals surface area contributed by atoms with Crippen LogP contribution in [-0.2, 0) is 26.6 Å². The zero-order valence-corrected chi connectivity index (χ0v) is 18.2. The average Bonchev–Trinajstić information content (AvgIpc) is 2.80. The Balaban J connectivity index is 1.76. The first-order chi connectivity index (χ1) is 16.0. The second-order valence-electron chi connectivity index (χ2n) is 7.78. The lowest BCUT2D eigenvalue weighted by molar-refractivity contribution is -0.138. The van der Waals surface area contributed by atoms with Crippen LogP contribution in [0.3, 0.4) is 0 Å². The number of carbonyl (C=O) groups is 1. The van der Waals surface area contributed by atoms with Gasteiger partial charge in [0.25, 0.3) is 0 Å². The SMILES string of the molecule is COC(=O)C1=CCCN(CCOC(c2ccc(C(F)(F)F)cc2)c2ccc(C(F)(F)F)cc2)C1. The second kappa shape index (κ2) is 10.6. The smallest absolute Gasteiger partial charge is 0.416 e. The molecule has 2 aromatic carbocycles. The lowest BCUT2D eigenvalue weighted by Gasteiger charge is -2.27. The number of nitrogens with zero attached hydrogens (tertiary/aromatic N) is 1. The number of methoxy groups -OCH3 is 1. The highest BCUT2D eigenvalue weighted by molar-refractivity contribution is 5.88. The van der Waals surface area contributed by atoms with Gasteiger partial charge in [-0.25, -0.2) is 4.79 Å². The first-order valence-electron chi connectivity index (χ1n) is 10.4. The van der Waals surface area contributed by atoms with Gasteiger partial charge in [-0.3, -0.25) is 4.90 Å². The van der Waals surface area contributed by atoms with Crippen molar-refractivity contribution < 1.29 is 40.6 Å². The maximum absolute atomic E-state index is 12.9. The fourth-order valence-electron chi connectivity index (χ4n) is 3.65. The zero-order valence-electron chi connectivity index (χ0n) is 18.2. The predicted octanol–water partition coefficient (Wildman–Crippen LogP) is 5.64. The molecule has 0 radical (unpaired) electrons. The van der Waals surface area contributed by atoms with Crippen molar-refractivity contribution in [2.24, 2.45) is 0 Å². The standard InChI is InChI=1S/C24H23F6NO3/c1-33-22(32)18-3-2-12-31(15-18)13-14-34-21(16-4-8-19(9-5-16)23(25,26)27)17-6-10-20(11-7-17)24(28,29)30/h3-11,21H,2,12-15H2,1H3. The van der Waals surface area contributed by atoms with Gasteiger partial charge < -0.3 is 9.47 Å². The first kappa shape index (κ1) is 25.8. The van der Waals surface area contributed by atoms with E-state index in [4.69, 9.17) is 9.47 Å². The molecule has 0 unspecified atom stereocenters. The van der Waals surface area contributed by atoms with E-state index >= 15 is 0 Å². The van der Waals surface area contributed by atoms with Gasteiger partial charge in [0, 0.05) is 25.2 Å². The molecule has 0 bridgehead atoms. The molecule has 0 fully saturated rings. The van der Waals surface area contributed by atoms with Crippen LogP contribution in [-0.4, -0.2) is 44.2 Å². The summed E-state index contributed by atoms with van der Waals surface area (Å²) in [6, 6.07) is 8.66. The molecule has 10 heteroatoms. The van der Waals surface area contributed by atoms with E-state index in [1.165, 1.54) is 31.4 Å². The highest BCUT2D eigenvalue weighted by atomic mass is 19.4. The quantitative estimate of drug-likeness (QED) is 0.375. The Morgan fingerprint density at radius 1 is 0.912 bits per heavy atom. The Hall–Kier alpha value is -2.85. The molecular weight excluding hydrogens is 464 g/mol.